The Labute approximate surface area is 150 Å². The van der Waals surface area contributed by atoms with Gasteiger partial charge in [0.1, 0.15) is 0 Å². The number of nitrogens with zero attached hydrogens (tertiary/aromatic N) is 4. The van der Waals surface area contributed by atoms with Crippen LogP contribution in [0.2, 0.25) is 5.02 Å². The number of nitrogens with one attached hydrogen (secondary N) is 1. The number of aromatic nitrogens is 4. The summed E-state index contributed by atoms with van der Waals surface area (Å²) >= 11 is 5.88. The highest BCUT2D eigenvalue weighted by Gasteiger charge is 2.11. The first-order chi connectivity index (χ1) is 12.1. The zero-order valence-electron chi connectivity index (χ0n) is 13.9. The highest BCUT2D eigenvalue weighted by molar-refractivity contribution is 6.30. The van der Waals surface area contributed by atoms with Crippen LogP contribution in [-0.4, -0.2) is 32.8 Å². The van der Waals surface area contributed by atoms with Crippen LogP contribution in [0.5, 0.6) is 5.88 Å². The highest BCUT2D eigenvalue weighted by atomic mass is 35.5. The topological polar surface area (TPSA) is 86.0 Å². The van der Waals surface area contributed by atoms with Gasteiger partial charge in [0.25, 0.3) is 5.88 Å². The minimum atomic E-state index is 0.0233. The zero-order chi connectivity index (χ0) is 17.6. The molecule has 0 spiro atoms. The van der Waals surface area contributed by atoms with Crippen molar-refractivity contribution in [2.24, 2.45) is 0 Å². The number of benzene rings is 1. The highest BCUT2D eigenvalue weighted by Crippen LogP contribution is 2.20. The minimum absolute atomic E-state index is 0.0233. The van der Waals surface area contributed by atoms with Crippen molar-refractivity contribution in [3.63, 3.8) is 0 Å². The van der Waals surface area contributed by atoms with Gasteiger partial charge in [0.15, 0.2) is 5.82 Å². The van der Waals surface area contributed by atoms with Gasteiger partial charge in [0.05, 0.1) is 6.10 Å². The van der Waals surface area contributed by atoms with Crippen molar-refractivity contribution in [1.29, 1.82) is 0 Å². The van der Waals surface area contributed by atoms with Crippen molar-refractivity contribution < 1.29 is 9.26 Å². The predicted octanol–water partition coefficient (Wildman–Crippen LogP) is 3.62. The molecule has 0 radical (unpaired) electrons. The molecule has 0 amide bonds. The first-order valence-electron chi connectivity index (χ1n) is 7.92. The summed E-state index contributed by atoms with van der Waals surface area (Å²) in [4.78, 5) is 12.8. The summed E-state index contributed by atoms with van der Waals surface area (Å²) in [6, 6.07) is 7.28. The Kier molecular flexibility index (Phi) is 5.45. The average molecular weight is 360 g/mol. The Balaban J connectivity index is 1.59. The van der Waals surface area contributed by atoms with Crippen LogP contribution in [0.15, 0.2) is 41.2 Å². The Morgan fingerprint density at radius 1 is 1.16 bits per heavy atom. The van der Waals surface area contributed by atoms with Crippen molar-refractivity contribution in [2.45, 2.75) is 26.4 Å². The quantitative estimate of drug-likeness (QED) is 0.689. The first kappa shape index (κ1) is 17.2. The molecule has 1 N–H and O–H groups in total. The summed E-state index contributed by atoms with van der Waals surface area (Å²) in [5, 5.41) is 7.84. The Morgan fingerprint density at radius 3 is 2.68 bits per heavy atom. The largest absolute Gasteiger partial charge is 0.472 e. The summed E-state index contributed by atoms with van der Waals surface area (Å²) in [5.41, 5.74) is 0.855. The van der Waals surface area contributed by atoms with E-state index in [0.29, 0.717) is 41.4 Å². The standard InChI is InChI=1S/C17H18ClN5O2/c1-11(2)24-17-16(20-9-10-21-17)19-8-7-14-22-15(23-25-14)12-3-5-13(18)6-4-12/h3-6,9-11H,7-8H2,1-2H3,(H,19,20). The number of halogens is 1. The van der Waals surface area contributed by atoms with Gasteiger partial charge in [-0.15, -0.1) is 0 Å². The van der Waals surface area contributed by atoms with Crippen LogP contribution in [0, 0.1) is 0 Å². The molecule has 0 saturated heterocycles. The smallest absolute Gasteiger partial charge is 0.257 e. The molecule has 0 fully saturated rings. The van der Waals surface area contributed by atoms with Crippen LogP contribution in [0.25, 0.3) is 11.4 Å². The van der Waals surface area contributed by atoms with Gasteiger partial charge in [-0.05, 0) is 38.1 Å². The van der Waals surface area contributed by atoms with E-state index < -0.39 is 0 Å². The van der Waals surface area contributed by atoms with Crippen LogP contribution in [0.1, 0.15) is 19.7 Å². The van der Waals surface area contributed by atoms with Gasteiger partial charge >= 0.3 is 0 Å². The van der Waals surface area contributed by atoms with E-state index in [2.05, 4.69) is 25.4 Å². The van der Waals surface area contributed by atoms with Crippen LogP contribution in [-0.2, 0) is 6.42 Å². The maximum absolute atomic E-state index is 5.88. The fraction of sp³-hybridized carbons (Fsp3) is 0.294. The van der Waals surface area contributed by atoms with E-state index in [4.69, 9.17) is 20.9 Å². The molecular formula is C17H18ClN5O2. The minimum Gasteiger partial charge on any atom is -0.472 e. The SMILES string of the molecule is CC(C)Oc1nccnc1NCCc1nc(-c2ccc(Cl)cc2)no1. The Hall–Kier alpha value is -2.67. The Morgan fingerprint density at radius 2 is 1.92 bits per heavy atom. The van der Waals surface area contributed by atoms with Crippen molar-refractivity contribution in [1.82, 2.24) is 20.1 Å². The number of hydrogen-bond acceptors (Lipinski definition) is 7. The fourth-order valence-corrected chi connectivity index (χ4v) is 2.24. The lowest BCUT2D eigenvalue weighted by Gasteiger charge is -2.12. The molecular weight excluding hydrogens is 342 g/mol. The summed E-state index contributed by atoms with van der Waals surface area (Å²) < 4.78 is 10.9. The maximum atomic E-state index is 5.88. The molecule has 2 heterocycles. The molecule has 1 aromatic carbocycles. The van der Waals surface area contributed by atoms with E-state index in [9.17, 15) is 0 Å². The normalized spacial score (nSPS) is 10.9. The van der Waals surface area contributed by atoms with E-state index in [1.165, 1.54) is 0 Å². The molecule has 0 bridgehead atoms. The fourth-order valence-electron chi connectivity index (χ4n) is 2.12. The van der Waals surface area contributed by atoms with Gasteiger partial charge in [0.2, 0.25) is 11.7 Å². The average Bonchev–Trinajstić information content (AvgIpc) is 3.05. The zero-order valence-corrected chi connectivity index (χ0v) is 14.7. The van der Waals surface area contributed by atoms with Gasteiger partial charge in [0, 0.05) is 35.9 Å². The molecule has 8 heteroatoms. The summed E-state index contributed by atoms with van der Waals surface area (Å²) in [5.74, 6) is 2.14. The maximum Gasteiger partial charge on any atom is 0.257 e. The van der Waals surface area contributed by atoms with E-state index >= 15 is 0 Å². The second kappa shape index (κ2) is 7.94. The molecule has 3 rings (SSSR count). The monoisotopic (exact) mass is 359 g/mol. The summed E-state index contributed by atoms with van der Waals surface area (Å²) in [6.45, 7) is 4.44. The van der Waals surface area contributed by atoms with E-state index in [-0.39, 0.29) is 6.10 Å². The second-order valence-electron chi connectivity index (χ2n) is 5.57. The lowest BCUT2D eigenvalue weighted by Crippen LogP contribution is -2.12. The molecule has 0 aliphatic rings. The van der Waals surface area contributed by atoms with Crippen LogP contribution in [0.3, 0.4) is 0 Å². The molecule has 0 unspecified atom stereocenters. The molecule has 3 aromatic rings. The number of hydrogen-bond donors (Lipinski definition) is 1. The molecule has 0 saturated carbocycles. The summed E-state index contributed by atoms with van der Waals surface area (Å²) in [6.07, 6.45) is 3.79. The van der Waals surface area contributed by atoms with Gasteiger partial charge in [-0.3, -0.25) is 0 Å². The molecule has 25 heavy (non-hydrogen) atoms. The lowest BCUT2D eigenvalue weighted by molar-refractivity contribution is 0.233. The van der Waals surface area contributed by atoms with E-state index in [0.717, 1.165) is 5.56 Å². The molecule has 130 valence electrons. The van der Waals surface area contributed by atoms with Gasteiger partial charge in [-0.2, -0.15) is 4.98 Å². The van der Waals surface area contributed by atoms with Crippen molar-refractivity contribution >= 4 is 17.4 Å². The third kappa shape index (κ3) is 4.67. The molecule has 0 atom stereocenters. The number of anilines is 1. The lowest BCUT2D eigenvalue weighted by atomic mass is 10.2. The van der Waals surface area contributed by atoms with Gasteiger partial charge < -0.3 is 14.6 Å². The van der Waals surface area contributed by atoms with Crippen molar-refractivity contribution in [3.8, 4) is 17.3 Å². The van der Waals surface area contributed by atoms with Crippen LogP contribution >= 0.6 is 11.6 Å². The van der Waals surface area contributed by atoms with Gasteiger partial charge in [-0.1, -0.05) is 16.8 Å². The number of ether oxygens (including phenoxy) is 1. The molecule has 2 aromatic heterocycles. The van der Waals surface area contributed by atoms with Crippen molar-refractivity contribution in [3.05, 3.63) is 47.6 Å². The third-order valence-electron chi connectivity index (χ3n) is 3.21. The predicted molar refractivity (Wildman–Crippen MR) is 94.7 cm³/mol. The summed E-state index contributed by atoms with van der Waals surface area (Å²) in [7, 11) is 0. The van der Waals surface area contributed by atoms with E-state index in [1.807, 2.05) is 26.0 Å². The third-order valence-corrected chi connectivity index (χ3v) is 3.47. The molecule has 0 aliphatic carbocycles. The molecule has 0 aliphatic heterocycles. The second-order valence-corrected chi connectivity index (χ2v) is 6.01. The van der Waals surface area contributed by atoms with Crippen molar-refractivity contribution in [2.75, 3.05) is 11.9 Å². The van der Waals surface area contributed by atoms with Crippen LogP contribution < -0.4 is 10.1 Å². The van der Waals surface area contributed by atoms with Crippen LogP contribution in [0.4, 0.5) is 5.82 Å². The number of rotatable bonds is 7. The molecule has 7 nitrogen and oxygen atoms in total. The van der Waals surface area contributed by atoms with Gasteiger partial charge in [-0.25, -0.2) is 9.97 Å². The van der Waals surface area contributed by atoms with E-state index in [1.54, 1.807) is 24.5 Å². The first-order valence-corrected chi connectivity index (χ1v) is 8.29. The Bertz CT molecular complexity index is 820.